The van der Waals surface area contributed by atoms with Crippen molar-refractivity contribution in [2.45, 2.75) is 108 Å². The van der Waals surface area contributed by atoms with Crippen molar-refractivity contribution in [1.82, 2.24) is 9.80 Å². The summed E-state index contributed by atoms with van der Waals surface area (Å²) in [6, 6.07) is -0.877. The number of fused-ring (bicyclic) bond motifs is 1. The molecule has 3 heterocycles. The highest BCUT2D eigenvalue weighted by molar-refractivity contribution is 9.09. The minimum atomic E-state index is -1.13. The van der Waals surface area contributed by atoms with Gasteiger partial charge >= 0.3 is 5.97 Å². The maximum absolute atomic E-state index is 14.7. The fourth-order valence-electron chi connectivity index (χ4n) is 7.28. The second kappa shape index (κ2) is 13.1. The van der Waals surface area contributed by atoms with Gasteiger partial charge in [-0.15, -0.1) is 13.2 Å². The number of carbonyl (C=O) groups excluding carboxylic acids is 3. The maximum Gasteiger partial charge on any atom is 0.312 e. The molecule has 1 N–H and O–H groups in total. The highest BCUT2D eigenvalue weighted by atomic mass is 79.9. The number of aliphatic hydroxyl groups excluding tert-OH is 1. The molecule has 0 saturated carbocycles. The summed E-state index contributed by atoms with van der Waals surface area (Å²) in [6.45, 7) is 19.1. The summed E-state index contributed by atoms with van der Waals surface area (Å²) in [4.78, 5) is 45.5. The van der Waals surface area contributed by atoms with Gasteiger partial charge in [0.05, 0.1) is 24.5 Å². The molecule has 3 aliphatic rings. The topological polar surface area (TPSA) is 96.4 Å². The number of alkyl halides is 1. The third kappa shape index (κ3) is 6.51. The largest absolute Gasteiger partial charge is 0.465 e. The number of halogens is 1. The van der Waals surface area contributed by atoms with Crippen LogP contribution in [0.4, 0.5) is 0 Å². The van der Waals surface area contributed by atoms with Gasteiger partial charge in [0.25, 0.3) is 0 Å². The second-order valence-corrected chi connectivity index (χ2v) is 14.5. The van der Waals surface area contributed by atoms with Gasteiger partial charge in [-0.25, -0.2) is 0 Å². The zero-order valence-electron chi connectivity index (χ0n) is 25.0. The Hall–Kier alpha value is -1.71. The molecule has 3 rings (SSSR count). The number of hydrogen-bond donors (Lipinski definition) is 1. The molecule has 3 unspecified atom stereocenters. The SMILES string of the molecule is C=CCCCCOC(=O)[C@H]1[C@@H]2OC3(CC2Br)C(C(=O)N(CC=C)C(C)(C)CC(C)(C)C)N(CCCCO)C(=O)[C@H]13. The average molecular weight is 626 g/mol. The fraction of sp³-hybridized carbons (Fsp3) is 0.774. The predicted molar refractivity (Wildman–Crippen MR) is 159 cm³/mol. The van der Waals surface area contributed by atoms with Crippen molar-refractivity contribution in [3.8, 4) is 0 Å². The predicted octanol–water partition coefficient (Wildman–Crippen LogP) is 4.64. The Balaban J connectivity index is 1.99. The lowest BCUT2D eigenvalue weighted by Crippen LogP contribution is -2.61. The number of allylic oxidation sites excluding steroid dienone is 1. The lowest BCUT2D eigenvalue weighted by Gasteiger charge is -2.45. The Morgan fingerprint density at radius 3 is 2.48 bits per heavy atom. The number of hydrogen-bond acceptors (Lipinski definition) is 6. The standard InChI is InChI=1S/C31H49BrN2O6/c1-8-10-11-14-18-39-28(38)22-23-26(36)33(16-12-13-17-35)25(31(23)19-21(32)24(22)40-31)27(37)34(15-9-2)30(6,7)20-29(3,4)5/h8-9,21-25,35H,1-2,10-20H2,3-7H3/t21?,22-,23+,24-,25?,31?/m1/s1. The van der Waals surface area contributed by atoms with E-state index >= 15 is 0 Å². The Labute approximate surface area is 248 Å². The monoisotopic (exact) mass is 624 g/mol. The number of ether oxygens (including phenoxy) is 2. The number of likely N-dealkylation sites (tertiary alicyclic amines) is 1. The number of rotatable bonds is 15. The van der Waals surface area contributed by atoms with E-state index in [-0.39, 0.29) is 35.3 Å². The van der Waals surface area contributed by atoms with Gasteiger partial charge in [-0.3, -0.25) is 14.4 Å². The molecule has 9 heteroatoms. The summed E-state index contributed by atoms with van der Waals surface area (Å²) < 4.78 is 12.3. The second-order valence-electron chi connectivity index (χ2n) is 13.4. The van der Waals surface area contributed by atoms with Crippen molar-refractivity contribution in [2.24, 2.45) is 17.3 Å². The molecular formula is C31H49BrN2O6. The molecule has 3 saturated heterocycles. The lowest BCUT2D eigenvalue weighted by atomic mass is 9.70. The molecule has 0 aromatic rings. The Morgan fingerprint density at radius 1 is 1.18 bits per heavy atom. The molecule has 0 aromatic heterocycles. The third-order valence-corrected chi connectivity index (χ3v) is 9.27. The minimum absolute atomic E-state index is 0.000723. The molecular weight excluding hydrogens is 576 g/mol. The van der Waals surface area contributed by atoms with Crippen molar-refractivity contribution in [3.05, 3.63) is 25.3 Å². The van der Waals surface area contributed by atoms with Crippen LogP contribution in [0.15, 0.2) is 25.3 Å². The first-order chi connectivity index (χ1) is 18.8. The van der Waals surface area contributed by atoms with Crippen molar-refractivity contribution in [1.29, 1.82) is 0 Å². The van der Waals surface area contributed by atoms with Crippen LogP contribution >= 0.6 is 15.9 Å². The van der Waals surface area contributed by atoms with Crippen LogP contribution in [0, 0.1) is 17.3 Å². The minimum Gasteiger partial charge on any atom is -0.465 e. The Morgan fingerprint density at radius 2 is 1.88 bits per heavy atom. The zero-order valence-corrected chi connectivity index (χ0v) is 26.6. The molecule has 2 amide bonds. The van der Waals surface area contributed by atoms with Gasteiger partial charge in [0, 0.05) is 30.1 Å². The summed E-state index contributed by atoms with van der Waals surface area (Å²) in [7, 11) is 0. The van der Waals surface area contributed by atoms with E-state index < -0.39 is 41.1 Å². The number of esters is 1. The molecule has 3 aliphatic heterocycles. The normalized spacial score (nSPS) is 29.4. The van der Waals surface area contributed by atoms with Crippen molar-refractivity contribution >= 4 is 33.7 Å². The van der Waals surface area contributed by atoms with Crippen LogP contribution in [0.25, 0.3) is 0 Å². The van der Waals surface area contributed by atoms with E-state index in [4.69, 9.17) is 9.47 Å². The van der Waals surface area contributed by atoms with Crippen molar-refractivity contribution in [2.75, 3.05) is 26.3 Å². The first kappa shape index (κ1) is 32.8. The van der Waals surface area contributed by atoms with Crippen LogP contribution < -0.4 is 0 Å². The van der Waals surface area contributed by atoms with Crippen LogP contribution in [0.5, 0.6) is 0 Å². The van der Waals surface area contributed by atoms with Crippen molar-refractivity contribution in [3.63, 3.8) is 0 Å². The molecule has 0 aromatic carbocycles. The Kier molecular flexibility index (Phi) is 10.7. The summed E-state index contributed by atoms with van der Waals surface area (Å²) in [5.74, 6) is -2.43. The smallest absolute Gasteiger partial charge is 0.312 e. The first-order valence-electron chi connectivity index (χ1n) is 14.7. The van der Waals surface area contributed by atoms with Crippen LogP contribution in [-0.2, 0) is 23.9 Å². The van der Waals surface area contributed by atoms with Gasteiger partial charge in [-0.05, 0) is 64.2 Å². The molecule has 6 atom stereocenters. The summed E-state index contributed by atoms with van der Waals surface area (Å²) in [5.41, 5.74) is -1.69. The molecule has 0 radical (unpaired) electrons. The highest BCUT2D eigenvalue weighted by Crippen LogP contribution is 2.60. The van der Waals surface area contributed by atoms with Gasteiger partial charge in [0.2, 0.25) is 11.8 Å². The molecule has 1 spiro atoms. The van der Waals surface area contributed by atoms with Gasteiger partial charge in [-0.2, -0.15) is 0 Å². The number of unbranched alkanes of at least 4 members (excludes halogenated alkanes) is 3. The van der Waals surface area contributed by atoms with E-state index in [1.54, 1.807) is 11.0 Å². The maximum atomic E-state index is 14.7. The van der Waals surface area contributed by atoms with Crippen molar-refractivity contribution < 1.29 is 29.0 Å². The van der Waals surface area contributed by atoms with Gasteiger partial charge in [-0.1, -0.05) is 48.9 Å². The lowest BCUT2D eigenvalue weighted by molar-refractivity contribution is -0.156. The van der Waals surface area contributed by atoms with Gasteiger partial charge in [0.1, 0.15) is 11.6 Å². The quantitative estimate of drug-likeness (QED) is 0.123. The molecule has 226 valence electrons. The van der Waals surface area contributed by atoms with E-state index in [1.807, 2.05) is 11.0 Å². The molecule has 8 nitrogen and oxygen atoms in total. The highest BCUT2D eigenvalue weighted by Gasteiger charge is 2.77. The summed E-state index contributed by atoms with van der Waals surface area (Å²) >= 11 is 3.72. The summed E-state index contributed by atoms with van der Waals surface area (Å²) in [5, 5.41) is 9.42. The molecule has 3 fully saturated rings. The van der Waals surface area contributed by atoms with Crippen LogP contribution in [0.3, 0.4) is 0 Å². The molecule has 2 bridgehead atoms. The Bertz CT molecular complexity index is 962. The molecule has 40 heavy (non-hydrogen) atoms. The van der Waals surface area contributed by atoms with E-state index in [0.29, 0.717) is 38.8 Å². The molecule has 0 aliphatic carbocycles. The number of carbonyl (C=O) groups is 3. The van der Waals surface area contributed by atoms with Crippen LogP contribution in [-0.4, -0.2) is 87.1 Å². The number of nitrogens with zero attached hydrogens (tertiary/aromatic N) is 2. The fourth-order valence-corrected chi connectivity index (χ4v) is 8.22. The third-order valence-electron chi connectivity index (χ3n) is 8.42. The van der Waals surface area contributed by atoms with Crippen LogP contribution in [0.2, 0.25) is 0 Å². The van der Waals surface area contributed by atoms with E-state index in [1.165, 1.54) is 0 Å². The first-order valence-corrected chi connectivity index (χ1v) is 15.6. The van der Waals surface area contributed by atoms with Gasteiger partial charge < -0.3 is 24.4 Å². The van der Waals surface area contributed by atoms with Crippen LogP contribution in [0.1, 0.15) is 79.6 Å². The van der Waals surface area contributed by atoms with E-state index in [9.17, 15) is 19.5 Å². The van der Waals surface area contributed by atoms with Gasteiger partial charge in [0.15, 0.2) is 0 Å². The number of aliphatic hydroxyl groups is 1. The summed E-state index contributed by atoms with van der Waals surface area (Å²) in [6.07, 6.45) is 7.69. The average Bonchev–Trinajstić information content (AvgIpc) is 3.44. The van der Waals surface area contributed by atoms with E-state index in [0.717, 1.165) is 19.3 Å². The zero-order chi connectivity index (χ0) is 29.9. The number of amides is 2. The van der Waals surface area contributed by atoms with E-state index in [2.05, 4.69) is 63.7 Å².